The molecule has 3 aliphatic rings. The normalized spacial score (nSPS) is 29.0. The smallest absolute Gasteiger partial charge is 0.253 e. The third-order valence-corrected chi connectivity index (χ3v) is 9.80. The van der Waals surface area contributed by atoms with Crippen LogP contribution in [0.25, 0.3) is 0 Å². The van der Waals surface area contributed by atoms with E-state index in [1.807, 2.05) is 76.2 Å². The molecule has 0 radical (unpaired) electrons. The van der Waals surface area contributed by atoms with Gasteiger partial charge in [0, 0.05) is 37.6 Å². The van der Waals surface area contributed by atoms with Crippen molar-refractivity contribution in [3.63, 3.8) is 0 Å². The molecule has 1 N–H and O–H groups in total. The average molecular weight is 586 g/mol. The predicted octanol–water partition coefficient (Wildman–Crippen LogP) is 4.43. The van der Waals surface area contributed by atoms with Crippen LogP contribution in [0.5, 0.6) is 0 Å². The number of nitrogens with zero attached hydrogens (tertiary/aromatic N) is 3. The number of hydrogen-bond acceptors (Lipinski definition) is 5. The van der Waals surface area contributed by atoms with Gasteiger partial charge in [-0.25, -0.2) is 0 Å². The SMILES string of the molecule is C=CCN(C(=O)[C@H]1[C@H]2C(=O)N(CCCO)C(C(=O)N(CC=C)c3c(C)cccc3C)C23CC(C)[C@]1(C)O3)c1ccccc1. The van der Waals surface area contributed by atoms with Crippen LogP contribution >= 0.6 is 0 Å². The minimum absolute atomic E-state index is 0.0898. The number of carbonyl (C=O) groups is 3. The number of anilines is 2. The first-order valence-corrected chi connectivity index (χ1v) is 15.1. The zero-order chi connectivity index (χ0) is 31.1. The van der Waals surface area contributed by atoms with Crippen molar-refractivity contribution in [3.05, 3.63) is 85.0 Å². The maximum Gasteiger partial charge on any atom is 0.253 e. The van der Waals surface area contributed by atoms with E-state index in [2.05, 4.69) is 13.2 Å². The molecule has 0 aliphatic carbocycles. The van der Waals surface area contributed by atoms with E-state index in [0.717, 1.165) is 16.8 Å². The lowest BCUT2D eigenvalue weighted by Gasteiger charge is -2.39. The lowest BCUT2D eigenvalue weighted by Crippen LogP contribution is -2.57. The minimum Gasteiger partial charge on any atom is -0.396 e. The molecule has 3 unspecified atom stereocenters. The highest BCUT2D eigenvalue weighted by Gasteiger charge is 2.80. The number of hydrogen-bond donors (Lipinski definition) is 1. The van der Waals surface area contributed by atoms with Gasteiger partial charge in [0.2, 0.25) is 11.8 Å². The quantitative estimate of drug-likeness (QED) is 0.394. The summed E-state index contributed by atoms with van der Waals surface area (Å²) in [4.78, 5) is 48.9. The van der Waals surface area contributed by atoms with Gasteiger partial charge in [0.1, 0.15) is 11.6 Å². The Kier molecular flexibility index (Phi) is 8.38. The van der Waals surface area contributed by atoms with Crippen molar-refractivity contribution in [2.45, 2.75) is 57.8 Å². The summed E-state index contributed by atoms with van der Waals surface area (Å²) in [6.07, 6.45) is 4.14. The van der Waals surface area contributed by atoms with Gasteiger partial charge in [-0.2, -0.15) is 0 Å². The molecular weight excluding hydrogens is 542 g/mol. The van der Waals surface area contributed by atoms with Crippen molar-refractivity contribution >= 4 is 29.1 Å². The zero-order valence-electron chi connectivity index (χ0n) is 25.7. The van der Waals surface area contributed by atoms with Crippen LogP contribution in [0.15, 0.2) is 73.8 Å². The largest absolute Gasteiger partial charge is 0.396 e. The van der Waals surface area contributed by atoms with Crippen LogP contribution in [-0.2, 0) is 19.1 Å². The Morgan fingerprint density at radius 1 is 1.02 bits per heavy atom. The average Bonchev–Trinajstić information content (AvgIpc) is 3.50. The van der Waals surface area contributed by atoms with E-state index in [4.69, 9.17) is 4.74 Å². The molecule has 3 saturated heterocycles. The highest BCUT2D eigenvalue weighted by atomic mass is 16.5. The van der Waals surface area contributed by atoms with E-state index in [1.165, 1.54) is 0 Å². The summed E-state index contributed by atoms with van der Waals surface area (Å²) in [6.45, 7) is 16.3. The molecule has 2 aromatic rings. The lowest BCUT2D eigenvalue weighted by atomic mass is 9.62. The first kappa shape index (κ1) is 30.7. The zero-order valence-corrected chi connectivity index (χ0v) is 25.7. The van der Waals surface area contributed by atoms with Crippen LogP contribution in [0.4, 0.5) is 11.4 Å². The van der Waals surface area contributed by atoms with Gasteiger partial charge >= 0.3 is 0 Å². The Morgan fingerprint density at radius 3 is 2.26 bits per heavy atom. The van der Waals surface area contributed by atoms with E-state index < -0.39 is 29.1 Å². The fraction of sp³-hybridized carbons (Fsp3) is 0.457. The molecule has 3 heterocycles. The molecule has 8 nitrogen and oxygen atoms in total. The van der Waals surface area contributed by atoms with Crippen molar-refractivity contribution in [1.29, 1.82) is 0 Å². The van der Waals surface area contributed by atoms with Crippen molar-refractivity contribution in [1.82, 2.24) is 4.90 Å². The van der Waals surface area contributed by atoms with Crippen LogP contribution in [0, 0.1) is 31.6 Å². The summed E-state index contributed by atoms with van der Waals surface area (Å²) in [5.74, 6) is -2.48. The molecule has 3 fully saturated rings. The Morgan fingerprint density at radius 2 is 1.65 bits per heavy atom. The van der Waals surface area contributed by atoms with E-state index in [1.54, 1.807) is 26.9 Å². The Labute approximate surface area is 254 Å². The molecule has 1 spiro atoms. The number of para-hydroxylation sites is 2. The number of likely N-dealkylation sites (tertiary alicyclic amines) is 1. The van der Waals surface area contributed by atoms with Crippen LogP contribution in [0.2, 0.25) is 0 Å². The second-order valence-corrected chi connectivity index (χ2v) is 12.4. The standard InChI is InChI=1S/C35H43N3O5/c1-7-18-36(26-16-10-9-11-17-26)31(40)27-28-32(41)38(20-13-21-39)30(35(28)22-25(5)34(27,6)43-35)33(42)37(19-8-2)29-23(3)14-12-15-24(29)4/h7-12,14-17,25,27-28,30,39H,1-2,13,18-22H2,3-6H3/t25?,27-,28+,30?,34+,35?/m1/s1. The molecule has 8 heteroatoms. The van der Waals surface area contributed by atoms with Crippen molar-refractivity contribution < 1.29 is 24.2 Å². The predicted molar refractivity (Wildman–Crippen MR) is 168 cm³/mol. The second-order valence-electron chi connectivity index (χ2n) is 12.4. The molecular formula is C35H43N3O5. The van der Waals surface area contributed by atoms with Gasteiger partial charge in [0.05, 0.1) is 17.4 Å². The number of rotatable bonds is 11. The van der Waals surface area contributed by atoms with Crippen LogP contribution in [-0.4, -0.2) is 71.2 Å². The molecule has 5 rings (SSSR count). The topological polar surface area (TPSA) is 90.4 Å². The van der Waals surface area contributed by atoms with Gasteiger partial charge in [-0.1, -0.05) is 55.5 Å². The number of aliphatic hydroxyl groups is 1. The van der Waals surface area contributed by atoms with Gasteiger partial charge in [0.15, 0.2) is 0 Å². The highest BCUT2D eigenvalue weighted by molar-refractivity contribution is 6.07. The number of carbonyl (C=O) groups excluding carboxylic acids is 3. The number of ether oxygens (including phenoxy) is 1. The first-order chi connectivity index (χ1) is 20.6. The van der Waals surface area contributed by atoms with Crippen molar-refractivity contribution in [2.24, 2.45) is 17.8 Å². The number of aryl methyl sites for hydroxylation is 2. The maximum absolute atomic E-state index is 14.9. The number of aliphatic hydroxyl groups excluding tert-OH is 1. The van der Waals surface area contributed by atoms with Gasteiger partial charge in [-0.15, -0.1) is 13.2 Å². The molecule has 3 amide bonds. The van der Waals surface area contributed by atoms with E-state index in [9.17, 15) is 19.5 Å². The molecule has 2 aromatic carbocycles. The summed E-state index contributed by atoms with van der Waals surface area (Å²) < 4.78 is 6.95. The van der Waals surface area contributed by atoms with Crippen LogP contribution in [0.1, 0.15) is 37.8 Å². The molecule has 228 valence electrons. The lowest BCUT2D eigenvalue weighted by molar-refractivity contribution is -0.146. The molecule has 3 aliphatic heterocycles. The molecule has 0 saturated carbocycles. The monoisotopic (exact) mass is 585 g/mol. The number of amides is 3. The third kappa shape index (κ3) is 4.71. The van der Waals surface area contributed by atoms with Gasteiger partial charge in [0.25, 0.3) is 5.91 Å². The third-order valence-electron chi connectivity index (χ3n) is 9.80. The molecule has 6 atom stereocenters. The first-order valence-electron chi connectivity index (χ1n) is 15.1. The summed E-state index contributed by atoms with van der Waals surface area (Å²) in [7, 11) is 0. The maximum atomic E-state index is 14.9. The molecule has 2 bridgehead atoms. The van der Waals surface area contributed by atoms with Crippen LogP contribution < -0.4 is 9.80 Å². The van der Waals surface area contributed by atoms with Crippen LogP contribution in [0.3, 0.4) is 0 Å². The van der Waals surface area contributed by atoms with Gasteiger partial charge < -0.3 is 24.5 Å². The Hall–Kier alpha value is -3.75. The molecule has 0 aromatic heterocycles. The summed E-state index contributed by atoms with van der Waals surface area (Å²) in [5.41, 5.74) is 1.22. The minimum atomic E-state index is -1.19. The fourth-order valence-electron chi connectivity index (χ4n) is 7.90. The Bertz CT molecular complexity index is 1410. The number of benzene rings is 2. The van der Waals surface area contributed by atoms with Crippen molar-refractivity contribution in [3.8, 4) is 0 Å². The van der Waals surface area contributed by atoms with Gasteiger partial charge in [-0.05, 0) is 62.8 Å². The molecule has 43 heavy (non-hydrogen) atoms. The van der Waals surface area contributed by atoms with E-state index in [-0.39, 0.29) is 49.9 Å². The number of fused-ring (bicyclic) bond motifs is 1. The van der Waals surface area contributed by atoms with E-state index >= 15 is 0 Å². The summed E-state index contributed by atoms with van der Waals surface area (Å²) >= 11 is 0. The Balaban J connectivity index is 1.64. The van der Waals surface area contributed by atoms with Gasteiger partial charge in [-0.3, -0.25) is 14.4 Å². The van der Waals surface area contributed by atoms with E-state index in [0.29, 0.717) is 18.5 Å². The fourth-order valence-corrected chi connectivity index (χ4v) is 7.90. The summed E-state index contributed by atoms with van der Waals surface area (Å²) in [6, 6.07) is 14.3. The van der Waals surface area contributed by atoms with Crippen molar-refractivity contribution in [2.75, 3.05) is 36.0 Å². The highest BCUT2D eigenvalue weighted by Crippen LogP contribution is 2.65. The summed E-state index contributed by atoms with van der Waals surface area (Å²) in [5, 5.41) is 9.75. The second kappa shape index (κ2) is 11.7.